The number of para-hydroxylation sites is 1. The molecule has 21 heteroatoms. The van der Waals surface area contributed by atoms with Crippen LogP contribution in [0, 0.1) is 6.92 Å². The third-order valence-electron chi connectivity index (χ3n) is 8.19. The first-order valence-corrected chi connectivity index (χ1v) is 18.3. The van der Waals surface area contributed by atoms with Gasteiger partial charge in [-0.1, -0.05) is 48.5 Å². The maximum atomic E-state index is 13.5. The van der Waals surface area contributed by atoms with E-state index in [0.717, 1.165) is 24.5 Å². The summed E-state index contributed by atoms with van der Waals surface area (Å²) in [5.74, 6) is -3.76. The Morgan fingerprint density at radius 2 is 1.50 bits per heavy atom. The SMILES string of the molecule is Cc1cn(CC(=O)N(CCNC(=O)OC(C)(C)C)CC(=O)Nc2ccccc2CN(CC(=O)O)C(=O)Cn2ccc(NC(=O)OCc3ccccc3)nc2=O)c(=O)[nH]c1=O. The molecule has 0 saturated heterocycles. The number of anilines is 2. The molecule has 0 fully saturated rings. The van der Waals surface area contributed by atoms with Gasteiger partial charge in [-0.3, -0.25) is 43.4 Å². The summed E-state index contributed by atoms with van der Waals surface area (Å²) < 4.78 is 12.2. The molecular weight excluding hydrogens is 786 g/mol. The van der Waals surface area contributed by atoms with Crippen LogP contribution in [0.1, 0.15) is 37.5 Å². The zero-order chi connectivity index (χ0) is 44.0. The van der Waals surface area contributed by atoms with Crippen LogP contribution in [0.15, 0.2) is 87.4 Å². The number of aromatic amines is 1. The normalized spacial score (nSPS) is 10.9. The number of rotatable bonds is 17. The minimum Gasteiger partial charge on any atom is -0.480 e. The molecular formula is C39H45N9O12. The third kappa shape index (κ3) is 14.4. The van der Waals surface area contributed by atoms with Gasteiger partial charge in [0.15, 0.2) is 0 Å². The molecule has 0 atom stereocenters. The lowest BCUT2D eigenvalue weighted by molar-refractivity contribution is -0.145. The van der Waals surface area contributed by atoms with Crippen LogP contribution in [0.5, 0.6) is 0 Å². The highest BCUT2D eigenvalue weighted by molar-refractivity contribution is 5.95. The molecule has 0 spiro atoms. The van der Waals surface area contributed by atoms with Crippen molar-refractivity contribution in [3.05, 3.63) is 121 Å². The highest BCUT2D eigenvalue weighted by Gasteiger charge is 2.23. The van der Waals surface area contributed by atoms with Gasteiger partial charge in [0.1, 0.15) is 37.7 Å². The minimum atomic E-state index is -1.37. The Balaban J connectivity index is 1.44. The van der Waals surface area contributed by atoms with Crippen molar-refractivity contribution in [2.45, 2.75) is 59.5 Å². The van der Waals surface area contributed by atoms with E-state index in [0.29, 0.717) is 5.56 Å². The molecule has 4 rings (SSSR count). The largest absolute Gasteiger partial charge is 0.480 e. The molecule has 0 radical (unpaired) electrons. The highest BCUT2D eigenvalue weighted by atomic mass is 16.6. The van der Waals surface area contributed by atoms with Crippen molar-refractivity contribution in [1.82, 2.24) is 34.2 Å². The van der Waals surface area contributed by atoms with Gasteiger partial charge in [0.25, 0.3) is 5.56 Å². The Hall–Kier alpha value is -7.58. The molecule has 4 aromatic rings. The van der Waals surface area contributed by atoms with Crippen LogP contribution >= 0.6 is 0 Å². The fraction of sp³-hybridized carbons (Fsp3) is 0.333. The monoisotopic (exact) mass is 831 g/mol. The summed E-state index contributed by atoms with van der Waals surface area (Å²) in [5.41, 5.74) is -1.86. The van der Waals surface area contributed by atoms with E-state index in [9.17, 15) is 48.3 Å². The van der Waals surface area contributed by atoms with Crippen molar-refractivity contribution in [3.63, 3.8) is 0 Å². The molecule has 0 bridgehead atoms. The number of aromatic nitrogens is 4. The number of benzene rings is 2. The van der Waals surface area contributed by atoms with Gasteiger partial charge in [-0.25, -0.2) is 19.2 Å². The lowest BCUT2D eigenvalue weighted by Gasteiger charge is -2.25. The van der Waals surface area contributed by atoms with Gasteiger partial charge >= 0.3 is 29.5 Å². The number of nitrogens with zero attached hydrogens (tertiary/aromatic N) is 5. The number of H-pyrrole nitrogens is 1. The molecule has 2 heterocycles. The van der Waals surface area contributed by atoms with Crippen molar-refractivity contribution in [2.75, 3.05) is 36.8 Å². The summed E-state index contributed by atoms with van der Waals surface area (Å²) in [6.45, 7) is 3.18. The van der Waals surface area contributed by atoms with Gasteiger partial charge in [-0.2, -0.15) is 4.98 Å². The molecule has 2 aromatic heterocycles. The molecule has 60 heavy (non-hydrogen) atoms. The molecule has 0 aliphatic heterocycles. The predicted octanol–water partition coefficient (Wildman–Crippen LogP) is 1.26. The Morgan fingerprint density at radius 1 is 0.833 bits per heavy atom. The lowest BCUT2D eigenvalue weighted by Crippen LogP contribution is -2.46. The average Bonchev–Trinajstić information content (AvgIpc) is 3.16. The Labute approximate surface area is 341 Å². The van der Waals surface area contributed by atoms with Crippen molar-refractivity contribution >= 4 is 47.4 Å². The Kier molecular flexibility index (Phi) is 15.6. The maximum Gasteiger partial charge on any atom is 0.413 e. The van der Waals surface area contributed by atoms with Crippen molar-refractivity contribution in [3.8, 4) is 0 Å². The molecule has 2 aromatic carbocycles. The first kappa shape index (κ1) is 45.1. The standard InChI is InChI=1S/C39H45N9O12/c1-25-18-48(36(56)44-34(25)54)22-31(50)45(17-15-40-37(57)60-39(2,3)4)20-30(49)41-28-13-9-8-12-27(28)19-47(23-33(52)53)32(51)21-46-16-14-29(42-35(46)55)43-38(58)59-24-26-10-6-5-7-11-26/h5-14,16,18H,15,17,19-24H2,1-4H3,(H,40,57)(H,41,49)(H,52,53)(H,44,54,56)(H,42,43,55,58). The van der Waals surface area contributed by atoms with E-state index >= 15 is 0 Å². The number of nitrogens with one attached hydrogen (secondary N) is 4. The van der Waals surface area contributed by atoms with Crippen molar-refractivity contribution < 1.29 is 43.3 Å². The van der Waals surface area contributed by atoms with Crippen molar-refractivity contribution in [2.24, 2.45) is 0 Å². The first-order chi connectivity index (χ1) is 28.4. The molecule has 318 valence electrons. The van der Waals surface area contributed by atoms with Gasteiger partial charge in [-0.15, -0.1) is 0 Å². The van der Waals surface area contributed by atoms with E-state index in [1.807, 2.05) is 6.07 Å². The van der Waals surface area contributed by atoms with E-state index in [1.54, 1.807) is 57.2 Å². The predicted molar refractivity (Wildman–Crippen MR) is 214 cm³/mol. The summed E-state index contributed by atoms with van der Waals surface area (Å²) in [6, 6.07) is 16.3. The minimum absolute atomic E-state index is 0.0274. The van der Waals surface area contributed by atoms with Crippen LogP contribution < -0.4 is 32.9 Å². The second kappa shape index (κ2) is 20.7. The summed E-state index contributed by atoms with van der Waals surface area (Å²) >= 11 is 0. The van der Waals surface area contributed by atoms with Crippen LogP contribution in [-0.4, -0.2) is 102 Å². The average molecular weight is 832 g/mol. The lowest BCUT2D eigenvalue weighted by atomic mass is 10.1. The number of carbonyl (C=O) groups excluding carboxylic acids is 5. The third-order valence-corrected chi connectivity index (χ3v) is 8.19. The van der Waals surface area contributed by atoms with Crippen LogP contribution in [0.4, 0.5) is 21.1 Å². The van der Waals surface area contributed by atoms with E-state index < -0.39 is 84.6 Å². The molecule has 5 N–H and O–H groups in total. The molecule has 21 nitrogen and oxygen atoms in total. The Bertz CT molecular complexity index is 2390. The van der Waals surface area contributed by atoms with Gasteiger partial charge in [-0.05, 0) is 51.0 Å². The van der Waals surface area contributed by atoms with E-state index in [4.69, 9.17) is 9.47 Å². The zero-order valence-electron chi connectivity index (χ0n) is 33.3. The molecule has 0 aliphatic carbocycles. The number of aryl methyl sites for hydroxylation is 1. The number of aliphatic carboxylic acids is 1. The number of hydrogen-bond acceptors (Lipinski definition) is 12. The van der Waals surface area contributed by atoms with Crippen LogP contribution in [0.3, 0.4) is 0 Å². The maximum absolute atomic E-state index is 13.5. The molecule has 0 aliphatic rings. The molecule has 5 amide bonds. The molecule has 0 saturated carbocycles. The van der Waals surface area contributed by atoms with Crippen LogP contribution in [0.25, 0.3) is 0 Å². The highest BCUT2D eigenvalue weighted by Crippen LogP contribution is 2.18. The topological polar surface area (TPSA) is 273 Å². The number of alkyl carbamates (subject to hydrolysis) is 1. The summed E-state index contributed by atoms with van der Waals surface area (Å²) in [7, 11) is 0. The van der Waals surface area contributed by atoms with E-state index in [2.05, 4.69) is 25.9 Å². The van der Waals surface area contributed by atoms with Crippen molar-refractivity contribution in [1.29, 1.82) is 0 Å². The van der Waals surface area contributed by atoms with Gasteiger partial charge < -0.3 is 35.0 Å². The zero-order valence-corrected chi connectivity index (χ0v) is 33.3. The van der Waals surface area contributed by atoms with E-state index in [-0.39, 0.29) is 43.3 Å². The number of carbonyl (C=O) groups is 6. The smallest absolute Gasteiger partial charge is 0.413 e. The number of carboxylic acid groups (broad SMARTS) is 1. The van der Waals surface area contributed by atoms with Gasteiger partial charge in [0, 0.05) is 43.3 Å². The second-order valence-electron chi connectivity index (χ2n) is 14.2. The number of amides is 5. The molecule has 0 unspecified atom stereocenters. The van der Waals surface area contributed by atoms with E-state index in [1.165, 1.54) is 37.5 Å². The summed E-state index contributed by atoms with van der Waals surface area (Å²) in [6.07, 6.45) is 0.749. The first-order valence-electron chi connectivity index (χ1n) is 18.3. The summed E-state index contributed by atoms with van der Waals surface area (Å²) in [5, 5.41) is 17.1. The number of hydrogen-bond donors (Lipinski definition) is 5. The fourth-order valence-electron chi connectivity index (χ4n) is 5.35. The second-order valence-corrected chi connectivity index (χ2v) is 14.2. The van der Waals surface area contributed by atoms with Crippen LogP contribution in [0.2, 0.25) is 0 Å². The van der Waals surface area contributed by atoms with Gasteiger partial charge in [0.05, 0.1) is 6.54 Å². The van der Waals surface area contributed by atoms with Gasteiger partial charge in [0.2, 0.25) is 17.7 Å². The number of ether oxygens (including phenoxy) is 2. The fourth-order valence-corrected chi connectivity index (χ4v) is 5.35. The number of carboxylic acids is 1. The van der Waals surface area contributed by atoms with Crippen LogP contribution in [-0.2, 0) is 54.9 Å². The quantitative estimate of drug-likeness (QED) is 0.100. The summed E-state index contributed by atoms with van der Waals surface area (Å²) in [4.78, 5) is 122. The Morgan fingerprint density at radius 3 is 2.18 bits per heavy atom.